The van der Waals surface area contributed by atoms with E-state index in [0.717, 1.165) is 16.7 Å². The molecule has 4 rings (SSSR count). The number of fused-ring (bicyclic) bond motifs is 1. The molecule has 138 valence electrons. The van der Waals surface area contributed by atoms with Crippen LogP contribution in [0, 0.1) is 11.3 Å². The number of benzene rings is 2. The summed E-state index contributed by atoms with van der Waals surface area (Å²) in [4.78, 5) is 7.40. The zero-order valence-corrected chi connectivity index (χ0v) is 15.8. The third kappa shape index (κ3) is 3.55. The number of nitriles is 1. The van der Waals surface area contributed by atoms with Crippen molar-refractivity contribution in [3.63, 3.8) is 0 Å². The van der Waals surface area contributed by atoms with Crippen LogP contribution >= 0.6 is 23.4 Å². The van der Waals surface area contributed by atoms with Gasteiger partial charge in [-0.1, -0.05) is 35.5 Å². The summed E-state index contributed by atoms with van der Waals surface area (Å²) in [7, 11) is 0. The number of thioether (sulfide) groups is 1. The Labute approximate surface area is 168 Å². The highest BCUT2D eigenvalue weighted by molar-refractivity contribution is 7.99. The average molecular weight is 410 g/mol. The number of imidazole rings is 1. The van der Waals surface area contributed by atoms with Crippen molar-refractivity contribution < 1.29 is 5.11 Å². The second-order valence-corrected chi connectivity index (χ2v) is 7.05. The molecule has 28 heavy (non-hydrogen) atoms. The lowest BCUT2D eigenvalue weighted by atomic mass is 10.2. The molecule has 0 aliphatic heterocycles. The van der Waals surface area contributed by atoms with Crippen LogP contribution in [0.2, 0.25) is 5.02 Å². The number of aromatic amines is 1. The first-order chi connectivity index (χ1) is 13.7. The van der Waals surface area contributed by atoms with Crippen molar-refractivity contribution in [1.82, 2.24) is 30.2 Å². The number of halogens is 1. The quantitative estimate of drug-likeness (QED) is 0.292. The minimum atomic E-state index is -0.114. The van der Waals surface area contributed by atoms with Crippen LogP contribution in [0.25, 0.3) is 22.3 Å². The monoisotopic (exact) mass is 409 g/mol. The number of nitrogens with zero attached hydrogens (tertiary/aromatic N) is 6. The number of aliphatic hydroxyl groups is 1. The van der Waals surface area contributed by atoms with Crippen LogP contribution < -0.4 is 0 Å². The van der Waals surface area contributed by atoms with E-state index in [4.69, 9.17) is 11.6 Å². The fraction of sp³-hybridized carbons (Fsp3) is 0.0556. The third-order valence-electron chi connectivity index (χ3n) is 3.88. The first-order valence-electron chi connectivity index (χ1n) is 8.10. The Morgan fingerprint density at radius 1 is 1.21 bits per heavy atom. The third-order valence-corrected chi connectivity index (χ3v) is 5.06. The number of hydrogen-bond acceptors (Lipinski definition) is 7. The number of allylic oxidation sites excluding steroid dienone is 1. The lowest BCUT2D eigenvalue weighted by Crippen LogP contribution is -2.00. The number of rotatable bonds is 5. The summed E-state index contributed by atoms with van der Waals surface area (Å²) < 4.78 is 1.53. The van der Waals surface area contributed by atoms with Crippen molar-refractivity contribution in [3.8, 4) is 11.8 Å². The van der Waals surface area contributed by atoms with Gasteiger partial charge in [-0.2, -0.15) is 9.94 Å². The molecule has 0 radical (unpaired) electrons. The van der Waals surface area contributed by atoms with Crippen LogP contribution in [-0.4, -0.2) is 41.0 Å². The minimum Gasteiger partial charge on any atom is -0.510 e. The number of nitrogens with one attached hydrogen (secondary N) is 1. The molecule has 0 atom stereocenters. The summed E-state index contributed by atoms with van der Waals surface area (Å²) in [6.45, 7) is 0. The molecule has 0 bridgehead atoms. The van der Waals surface area contributed by atoms with E-state index in [0.29, 0.717) is 16.0 Å². The van der Waals surface area contributed by atoms with E-state index in [1.54, 1.807) is 24.3 Å². The molecule has 2 heterocycles. The normalized spacial score (nSPS) is 12.0. The van der Waals surface area contributed by atoms with Gasteiger partial charge >= 0.3 is 0 Å². The van der Waals surface area contributed by atoms with Gasteiger partial charge < -0.3 is 10.1 Å². The van der Waals surface area contributed by atoms with E-state index in [9.17, 15) is 10.4 Å². The lowest BCUT2D eigenvalue weighted by Gasteiger charge is -2.05. The molecule has 2 N–H and O–H groups in total. The molecule has 0 unspecified atom stereocenters. The van der Waals surface area contributed by atoms with E-state index in [1.807, 2.05) is 30.3 Å². The van der Waals surface area contributed by atoms with Gasteiger partial charge in [0.05, 0.1) is 22.5 Å². The largest absolute Gasteiger partial charge is 0.510 e. The van der Waals surface area contributed by atoms with Gasteiger partial charge in [0, 0.05) is 5.02 Å². The Kier molecular flexibility index (Phi) is 4.97. The Morgan fingerprint density at radius 2 is 2.00 bits per heavy atom. The topological polar surface area (TPSA) is 116 Å². The molecule has 0 spiro atoms. The first-order valence-corrected chi connectivity index (χ1v) is 9.46. The molecule has 2 aromatic carbocycles. The van der Waals surface area contributed by atoms with Gasteiger partial charge in [0.2, 0.25) is 5.16 Å². The maximum atomic E-state index is 10.5. The molecule has 2 aromatic heterocycles. The Morgan fingerprint density at radius 3 is 2.75 bits per heavy atom. The van der Waals surface area contributed by atoms with Crippen LogP contribution in [0.15, 0.2) is 59.4 Å². The smallest absolute Gasteiger partial charge is 0.214 e. The number of H-pyrrole nitrogens is 1. The molecule has 8 nitrogen and oxygen atoms in total. The van der Waals surface area contributed by atoms with E-state index >= 15 is 0 Å². The van der Waals surface area contributed by atoms with Gasteiger partial charge in [-0.05, 0) is 46.8 Å². The summed E-state index contributed by atoms with van der Waals surface area (Å²) in [6, 6.07) is 16.5. The van der Waals surface area contributed by atoms with Gasteiger partial charge in [0.25, 0.3) is 0 Å². The predicted octanol–water partition coefficient (Wildman–Crippen LogP) is 3.78. The average Bonchev–Trinajstić information content (AvgIpc) is 3.34. The van der Waals surface area contributed by atoms with Crippen molar-refractivity contribution >= 4 is 40.0 Å². The molecule has 10 heteroatoms. The zero-order valence-electron chi connectivity index (χ0n) is 14.2. The summed E-state index contributed by atoms with van der Waals surface area (Å²) in [5.41, 5.74) is 2.32. The summed E-state index contributed by atoms with van der Waals surface area (Å²) >= 11 is 7.11. The highest BCUT2D eigenvalue weighted by Gasteiger charge is 2.16. The number of aliphatic hydroxyl groups excluding tert-OH is 1. The van der Waals surface area contributed by atoms with E-state index in [2.05, 4.69) is 25.5 Å². The van der Waals surface area contributed by atoms with Crippen LogP contribution in [0.1, 0.15) is 5.82 Å². The molecule has 4 aromatic rings. The maximum absolute atomic E-state index is 10.5. The van der Waals surface area contributed by atoms with Crippen molar-refractivity contribution in [2.24, 2.45) is 0 Å². The highest BCUT2D eigenvalue weighted by atomic mass is 35.5. The Bertz CT molecular complexity index is 1170. The van der Waals surface area contributed by atoms with Gasteiger partial charge in [-0.3, -0.25) is 0 Å². The second kappa shape index (κ2) is 7.72. The number of para-hydroxylation sites is 2. The molecule has 0 fully saturated rings. The van der Waals surface area contributed by atoms with Crippen molar-refractivity contribution in [2.75, 3.05) is 5.75 Å². The van der Waals surface area contributed by atoms with Crippen molar-refractivity contribution in [3.05, 3.63) is 65.1 Å². The minimum absolute atomic E-state index is 0.0780. The second-order valence-electron chi connectivity index (χ2n) is 5.67. The number of hydrogen-bond donors (Lipinski definition) is 2. The zero-order chi connectivity index (χ0) is 19.5. The van der Waals surface area contributed by atoms with Crippen LogP contribution in [-0.2, 0) is 0 Å². The highest BCUT2D eigenvalue weighted by Crippen LogP contribution is 2.25. The summed E-state index contributed by atoms with van der Waals surface area (Å²) in [6.07, 6.45) is 0. The summed E-state index contributed by atoms with van der Waals surface area (Å²) in [5, 5.41) is 32.6. The van der Waals surface area contributed by atoms with E-state index in [1.165, 1.54) is 16.4 Å². The van der Waals surface area contributed by atoms with E-state index < -0.39 is 0 Å². The fourth-order valence-corrected chi connectivity index (χ4v) is 3.44. The summed E-state index contributed by atoms with van der Waals surface area (Å²) in [5.74, 6) is 0.310. The standard InChI is InChI=1S/C18H12ClN7OS/c19-11-5-7-12(8-6-11)26-18(23-24-25-26)28-10-16(27)13(9-20)17-21-14-3-1-2-4-15(14)22-17/h1-8,27H,10H2,(H,21,22)/b16-13-. The van der Waals surface area contributed by atoms with Crippen molar-refractivity contribution in [2.45, 2.75) is 5.16 Å². The van der Waals surface area contributed by atoms with E-state index in [-0.39, 0.29) is 17.1 Å². The number of tetrazole rings is 1. The van der Waals surface area contributed by atoms with Gasteiger partial charge in [-0.15, -0.1) is 5.10 Å². The van der Waals surface area contributed by atoms with Gasteiger partial charge in [0.15, 0.2) is 5.82 Å². The van der Waals surface area contributed by atoms with Crippen molar-refractivity contribution in [1.29, 1.82) is 5.26 Å². The Balaban J connectivity index is 1.58. The molecule has 0 saturated carbocycles. The first kappa shape index (κ1) is 18.0. The molecule has 0 aliphatic carbocycles. The van der Waals surface area contributed by atoms with Gasteiger partial charge in [-0.25, -0.2) is 4.98 Å². The molecule has 0 saturated heterocycles. The molecule has 0 aliphatic rings. The predicted molar refractivity (Wildman–Crippen MR) is 106 cm³/mol. The Hall–Kier alpha value is -3.35. The lowest BCUT2D eigenvalue weighted by molar-refractivity contribution is 0.420. The maximum Gasteiger partial charge on any atom is 0.214 e. The SMILES string of the molecule is N#C/C(=C(/O)CSc1nnnn1-c1ccc(Cl)cc1)c1nc2ccccc2[nH]1. The molecular formula is C18H12ClN7OS. The van der Waals surface area contributed by atoms with Crippen LogP contribution in [0.5, 0.6) is 0 Å². The van der Waals surface area contributed by atoms with Crippen LogP contribution in [0.3, 0.4) is 0 Å². The van der Waals surface area contributed by atoms with Crippen LogP contribution in [0.4, 0.5) is 0 Å². The molecule has 0 amide bonds. The molecular weight excluding hydrogens is 398 g/mol. The fourth-order valence-electron chi connectivity index (χ4n) is 2.54. The van der Waals surface area contributed by atoms with Gasteiger partial charge in [0.1, 0.15) is 17.4 Å². The number of aromatic nitrogens is 6.